The first-order valence-electron chi connectivity index (χ1n) is 6.50. The summed E-state index contributed by atoms with van der Waals surface area (Å²) in [5.74, 6) is 0. The molecule has 0 saturated carbocycles. The lowest BCUT2D eigenvalue weighted by atomic mass is 10.0. The maximum Gasteiger partial charge on any atom is 0.0929 e. The Hall–Kier alpha value is -1.71. The van der Waals surface area contributed by atoms with Crippen LogP contribution >= 0.6 is 12.4 Å². The Morgan fingerprint density at radius 2 is 1.45 bits per heavy atom. The van der Waals surface area contributed by atoms with Crippen molar-refractivity contribution < 1.29 is 0 Å². The van der Waals surface area contributed by atoms with E-state index in [1.165, 1.54) is 11.1 Å². The van der Waals surface area contributed by atoms with Gasteiger partial charge in [0.05, 0.1) is 22.1 Å². The zero-order valence-electron chi connectivity index (χ0n) is 11.9. The van der Waals surface area contributed by atoms with Gasteiger partial charge in [0.2, 0.25) is 0 Å². The van der Waals surface area contributed by atoms with Crippen LogP contribution in [0.1, 0.15) is 25.0 Å². The van der Waals surface area contributed by atoms with Crippen molar-refractivity contribution >= 4 is 34.5 Å². The highest BCUT2D eigenvalue weighted by atomic mass is 35.5. The van der Waals surface area contributed by atoms with Gasteiger partial charge < -0.3 is 6.15 Å². The molecule has 0 fully saturated rings. The molecule has 3 N–H and O–H groups in total. The summed E-state index contributed by atoms with van der Waals surface area (Å²) in [6, 6.07) is 12.3. The fourth-order valence-corrected chi connectivity index (χ4v) is 2.51. The SMILES string of the molecule is CCc1ccc2nc3ccccc3nc2c1CC.Cl.N. The van der Waals surface area contributed by atoms with E-state index in [9.17, 15) is 0 Å². The smallest absolute Gasteiger partial charge is 0.0929 e. The van der Waals surface area contributed by atoms with E-state index in [2.05, 4.69) is 26.0 Å². The molecule has 106 valence electrons. The summed E-state index contributed by atoms with van der Waals surface area (Å²) in [4.78, 5) is 9.49. The van der Waals surface area contributed by atoms with Crippen molar-refractivity contribution in [2.45, 2.75) is 26.7 Å². The highest BCUT2D eigenvalue weighted by molar-refractivity contribution is 5.88. The summed E-state index contributed by atoms with van der Waals surface area (Å²) in [7, 11) is 0. The molecule has 0 unspecified atom stereocenters. The molecule has 0 bridgehead atoms. The number of aromatic nitrogens is 2. The predicted octanol–water partition coefficient (Wildman–Crippen LogP) is 4.49. The van der Waals surface area contributed by atoms with Crippen LogP contribution in [0.3, 0.4) is 0 Å². The molecular formula is C16H20ClN3. The second-order valence-corrected chi connectivity index (χ2v) is 4.49. The molecule has 3 rings (SSSR count). The summed E-state index contributed by atoms with van der Waals surface area (Å²) in [6.07, 6.45) is 2.06. The van der Waals surface area contributed by atoms with Crippen LogP contribution in [-0.2, 0) is 12.8 Å². The Kier molecular flexibility index (Phi) is 5.43. The minimum absolute atomic E-state index is 0. The molecule has 0 aliphatic carbocycles. The zero-order chi connectivity index (χ0) is 12.5. The van der Waals surface area contributed by atoms with E-state index < -0.39 is 0 Å². The van der Waals surface area contributed by atoms with Crippen LogP contribution in [0.15, 0.2) is 36.4 Å². The monoisotopic (exact) mass is 289 g/mol. The van der Waals surface area contributed by atoms with Gasteiger partial charge in [0.1, 0.15) is 0 Å². The van der Waals surface area contributed by atoms with Crippen molar-refractivity contribution in [3.8, 4) is 0 Å². The molecule has 0 saturated heterocycles. The molecule has 0 aliphatic heterocycles. The van der Waals surface area contributed by atoms with Gasteiger partial charge in [-0.1, -0.05) is 32.0 Å². The van der Waals surface area contributed by atoms with Gasteiger partial charge in [-0.3, -0.25) is 0 Å². The Morgan fingerprint density at radius 3 is 2.05 bits per heavy atom. The van der Waals surface area contributed by atoms with E-state index >= 15 is 0 Å². The number of aryl methyl sites for hydroxylation is 2. The maximum absolute atomic E-state index is 4.79. The van der Waals surface area contributed by atoms with Crippen molar-refractivity contribution in [3.63, 3.8) is 0 Å². The highest BCUT2D eigenvalue weighted by Gasteiger charge is 2.08. The third kappa shape index (κ3) is 2.60. The first-order valence-corrected chi connectivity index (χ1v) is 6.50. The second kappa shape index (κ2) is 6.64. The number of fused-ring (bicyclic) bond motifs is 2. The van der Waals surface area contributed by atoms with E-state index in [4.69, 9.17) is 9.97 Å². The number of rotatable bonds is 2. The quantitative estimate of drug-likeness (QED) is 0.707. The Balaban J connectivity index is 0.000001000. The standard InChI is InChI=1S/C16H16N2.ClH.H3N/c1-3-11-9-10-15-16(12(11)4-2)18-14-8-6-5-7-13(14)17-15;;/h5-10H,3-4H2,1-2H3;1H;1H3. The molecule has 1 aromatic heterocycles. The van der Waals surface area contributed by atoms with Crippen LogP contribution in [0, 0.1) is 0 Å². The first kappa shape index (κ1) is 16.3. The molecule has 20 heavy (non-hydrogen) atoms. The van der Waals surface area contributed by atoms with Gasteiger partial charge in [-0.05, 0) is 42.2 Å². The third-order valence-corrected chi connectivity index (χ3v) is 3.45. The lowest BCUT2D eigenvalue weighted by Gasteiger charge is -2.09. The van der Waals surface area contributed by atoms with Gasteiger partial charge in [0, 0.05) is 0 Å². The van der Waals surface area contributed by atoms with Crippen LogP contribution in [-0.4, -0.2) is 9.97 Å². The molecule has 4 heteroatoms. The number of para-hydroxylation sites is 2. The van der Waals surface area contributed by atoms with Crippen molar-refractivity contribution in [1.82, 2.24) is 16.1 Å². The summed E-state index contributed by atoms with van der Waals surface area (Å²) in [6.45, 7) is 4.37. The van der Waals surface area contributed by atoms with Crippen LogP contribution in [0.2, 0.25) is 0 Å². The highest BCUT2D eigenvalue weighted by Crippen LogP contribution is 2.23. The Morgan fingerprint density at radius 1 is 0.800 bits per heavy atom. The third-order valence-electron chi connectivity index (χ3n) is 3.45. The number of hydrogen-bond acceptors (Lipinski definition) is 3. The van der Waals surface area contributed by atoms with Crippen LogP contribution in [0.4, 0.5) is 0 Å². The lowest BCUT2D eigenvalue weighted by Crippen LogP contribution is -1.97. The van der Waals surface area contributed by atoms with E-state index in [0.717, 1.165) is 34.9 Å². The number of halogens is 1. The van der Waals surface area contributed by atoms with Crippen LogP contribution in [0.25, 0.3) is 22.1 Å². The topological polar surface area (TPSA) is 60.8 Å². The van der Waals surface area contributed by atoms with E-state index in [-0.39, 0.29) is 18.6 Å². The summed E-state index contributed by atoms with van der Waals surface area (Å²) in [5.41, 5.74) is 6.74. The van der Waals surface area contributed by atoms with E-state index in [0.29, 0.717) is 0 Å². The fourth-order valence-electron chi connectivity index (χ4n) is 2.51. The average Bonchev–Trinajstić information content (AvgIpc) is 2.43. The average molecular weight is 290 g/mol. The van der Waals surface area contributed by atoms with Crippen molar-refractivity contribution in [2.75, 3.05) is 0 Å². The molecule has 1 heterocycles. The van der Waals surface area contributed by atoms with Crippen molar-refractivity contribution in [3.05, 3.63) is 47.5 Å². The number of nitrogens with zero attached hydrogens (tertiary/aromatic N) is 2. The van der Waals surface area contributed by atoms with Gasteiger partial charge in [0.15, 0.2) is 0 Å². The largest absolute Gasteiger partial charge is 0.344 e. The molecule has 0 aliphatic rings. The molecule has 3 nitrogen and oxygen atoms in total. The summed E-state index contributed by atoms with van der Waals surface area (Å²) < 4.78 is 0. The Bertz CT molecular complexity index is 725. The van der Waals surface area contributed by atoms with Gasteiger partial charge in [-0.25, -0.2) is 9.97 Å². The first-order chi connectivity index (χ1) is 8.83. The zero-order valence-corrected chi connectivity index (χ0v) is 12.7. The van der Waals surface area contributed by atoms with Crippen molar-refractivity contribution in [2.24, 2.45) is 0 Å². The predicted molar refractivity (Wildman–Crippen MR) is 88.1 cm³/mol. The molecule has 3 aromatic rings. The van der Waals surface area contributed by atoms with E-state index in [1.807, 2.05) is 24.3 Å². The van der Waals surface area contributed by atoms with Crippen LogP contribution < -0.4 is 6.15 Å². The molecule has 2 aromatic carbocycles. The molecule has 0 atom stereocenters. The van der Waals surface area contributed by atoms with Gasteiger partial charge in [0.25, 0.3) is 0 Å². The van der Waals surface area contributed by atoms with Gasteiger partial charge in [-0.15, -0.1) is 12.4 Å². The lowest BCUT2D eigenvalue weighted by molar-refractivity contribution is 1.04. The molecule has 0 amide bonds. The number of benzene rings is 2. The molecular weight excluding hydrogens is 270 g/mol. The van der Waals surface area contributed by atoms with Crippen LogP contribution in [0.5, 0.6) is 0 Å². The van der Waals surface area contributed by atoms with E-state index in [1.54, 1.807) is 0 Å². The second-order valence-electron chi connectivity index (χ2n) is 4.49. The minimum Gasteiger partial charge on any atom is -0.344 e. The van der Waals surface area contributed by atoms with Gasteiger partial charge >= 0.3 is 0 Å². The van der Waals surface area contributed by atoms with Gasteiger partial charge in [-0.2, -0.15) is 0 Å². The number of hydrogen-bond donors (Lipinski definition) is 1. The normalized spacial score (nSPS) is 10.1. The minimum atomic E-state index is 0. The maximum atomic E-state index is 4.79. The molecule has 0 radical (unpaired) electrons. The summed E-state index contributed by atoms with van der Waals surface area (Å²) >= 11 is 0. The van der Waals surface area contributed by atoms with Crippen molar-refractivity contribution in [1.29, 1.82) is 0 Å². The Labute approximate surface area is 125 Å². The summed E-state index contributed by atoms with van der Waals surface area (Å²) in [5, 5.41) is 0. The molecule has 0 spiro atoms. The fraction of sp³-hybridized carbons (Fsp3) is 0.250.